The van der Waals surface area contributed by atoms with Crippen LogP contribution in [0.15, 0.2) is 47.3 Å². The van der Waals surface area contributed by atoms with Crippen molar-refractivity contribution in [2.75, 3.05) is 38.6 Å². The van der Waals surface area contributed by atoms with Gasteiger partial charge < -0.3 is 20.1 Å². The van der Waals surface area contributed by atoms with Gasteiger partial charge in [0.1, 0.15) is 5.82 Å². The molecule has 7 heteroatoms. The molecule has 2 N–H and O–H groups in total. The number of aromatic amines is 1. The van der Waals surface area contributed by atoms with Gasteiger partial charge in [-0.15, -0.1) is 6.42 Å². The molecule has 0 aliphatic rings. The largest absolute Gasteiger partial charge is 0.356 e. The Balaban J connectivity index is 1.72. The van der Waals surface area contributed by atoms with Gasteiger partial charge in [0.25, 0.3) is 11.5 Å². The van der Waals surface area contributed by atoms with Crippen molar-refractivity contribution in [2.45, 2.75) is 19.9 Å². The molecule has 1 amide bonds. The van der Waals surface area contributed by atoms with Crippen LogP contribution in [0, 0.1) is 19.3 Å². The summed E-state index contributed by atoms with van der Waals surface area (Å²) in [6, 6.07) is 13.0. The van der Waals surface area contributed by atoms with Crippen molar-refractivity contribution in [1.82, 2.24) is 20.2 Å². The molecule has 0 radical (unpaired) electrons. The van der Waals surface area contributed by atoms with Crippen LogP contribution >= 0.6 is 0 Å². The summed E-state index contributed by atoms with van der Waals surface area (Å²) >= 11 is 0. The molecule has 0 unspecified atom stereocenters. The van der Waals surface area contributed by atoms with Crippen LogP contribution in [0.3, 0.4) is 0 Å². The predicted octanol–water partition coefficient (Wildman–Crippen LogP) is 2.55. The van der Waals surface area contributed by atoms with E-state index < -0.39 is 0 Å². The van der Waals surface area contributed by atoms with Crippen LogP contribution in [-0.4, -0.2) is 54.5 Å². The first-order chi connectivity index (χ1) is 15.4. The minimum absolute atomic E-state index is 0.0876. The number of nitrogens with zero attached hydrogens (tertiary/aromatic N) is 3. The minimum atomic E-state index is -0.154. The number of rotatable bonds is 9. The topological polar surface area (TPSA) is 81.3 Å². The number of carbonyl (C=O) groups excluding carboxylic acids is 1. The van der Waals surface area contributed by atoms with Crippen molar-refractivity contribution in [3.8, 4) is 12.3 Å². The Morgan fingerprint density at radius 1 is 1.19 bits per heavy atom. The van der Waals surface area contributed by atoms with Crippen LogP contribution in [0.25, 0.3) is 10.9 Å². The van der Waals surface area contributed by atoms with Crippen LogP contribution in [0.4, 0.5) is 5.69 Å². The number of hydrogen-bond donors (Lipinski definition) is 2. The summed E-state index contributed by atoms with van der Waals surface area (Å²) in [5, 5.41) is 3.50. The molecule has 0 atom stereocenters. The van der Waals surface area contributed by atoms with Crippen LogP contribution in [0.1, 0.15) is 28.2 Å². The van der Waals surface area contributed by atoms with Crippen molar-refractivity contribution in [3.05, 3.63) is 69.8 Å². The zero-order valence-corrected chi connectivity index (χ0v) is 18.8. The number of carbonyl (C=O) groups is 1. The summed E-state index contributed by atoms with van der Waals surface area (Å²) in [6.07, 6.45) is 6.49. The summed E-state index contributed by atoms with van der Waals surface area (Å²) in [6.45, 7) is 4.26. The first-order valence-corrected chi connectivity index (χ1v) is 10.6. The van der Waals surface area contributed by atoms with E-state index in [0.29, 0.717) is 41.9 Å². The molecule has 3 aromatic rings. The predicted molar refractivity (Wildman–Crippen MR) is 129 cm³/mol. The molecule has 0 bridgehead atoms. The number of terminal acetylenes is 1. The van der Waals surface area contributed by atoms with Crippen LogP contribution < -0.4 is 15.8 Å². The van der Waals surface area contributed by atoms with E-state index in [9.17, 15) is 9.59 Å². The lowest BCUT2D eigenvalue weighted by Crippen LogP contribution is -2.27. The Hall–Kier alpha value is -3.63. The Labute approximate surface area is 188 Å². The van der Waals surface area contributed by atoms with E-state index in [1.165, 1.54) is 0 Å². The van der Waals surface area contributed by atoms with Gasteiger partial charge in [-0.2, -0.15) is 0 Å². The Kier molecular flexibility index (Phi) is 7.63. The molecular formula is C25H29N5O2. The molecule has 32 heavy (non-hydrogen) atoms. The van der Waals surface area contributed by atoms with Gasteiger partial charge in [0.15, 0.2) is 0 Å². The maximum Gasteiger partial charge on any atom is 0.258 e. The van der Waals surface area contributed by atoms with Gasteiger partial charge in [-0.1, -0.05) is 12.0 Å². The van der Waals surface area contributed by atoms with Crippen molar-refractivity contribution in [1.29, 1.82) is 0 Å². The zero-order valence-electron chi connectivity index (χ0n) is 18.8. The lowest BCUT2D eigenvalue weighted by atomic mass is 10.1. The average molecular weight is 432 g/mol. The molecule has 0 aliphatic heterocycles. The van der Waals surface area contributed by atoms with Crippen LogP contribution in [-0.2, 0) is 6.54 Å². The first kappa shape index (κ1) is 23.0. The second kappa shape index (κ2) is 10.6. The quantitative estimate of drug-likeness (QED) is 0.402. The van der Waals surface area contributed by atoms with Crippen molar-refractivity contribution < 1.29 is 4.79 Å². The van der Waals surface area contributed by atoms with E-state index >= 15 is 0 Å². The molecule has 0 aliphatic carbocycles. The highest BCUT2D eigenvalue weighted by molar-refractivity contribution is 5.94. The highest BCUT2D eigenvalue weighted by Gasteiger charge is 2.11. The normalized spacial score (nSPS) is 10.8. The van der Waals surface area contributed by atoms with Gasteiger partial charge >= 0.3 is 0 Å². The summed E-state index contributed by atoms with van der Waals surface area (Å²) in [5.41, 5.74) is 2.98. The fourth-order valence-corrected chi connectivity index (χ4v) is 3.49. The molecule has 0 saturated heterocycles. The van der Waals surface area contributed by atoms with Gasteiger partial charge in [-0.3, -0.25) is 9.59 Å². The third kappa shape index (κ3) is 5.96. The number of benzene rings is 2. The number of nitrogens with one attached hydrogen (secondary N) is 2. The third-order valence-electron chi connectivity index (χ3n) is 5.11. The SMILES string of the molecule is C#CCN(Cc1ccc2nc(C)[nH]c(=O)c2c1)c1ccc(C(=O)NCCCN(C)C)cc1. The molecule has 1 aromatic heterocycles. The molecule has 1 heterocycles. The number of fused-ring (bicyclic) bond motifs is 1. The van der Waals surface area contributed by atoms with E-state index in [1.54, 1.807) is 19.1 Å². The number of aromatic nitrogens is 2. The zero-order chi connectivity index (χ0) is 23.1. The van der Waals surface area contributed by atoms with E-state index in [-0.39, 0.29) is 11.5 Å². The van der Waals surface area contributed by atoms with Gasteiger partial charge in [0, 0.05) is 24.3 Å². The van der Waals surface area contributed by atoms with E-state index in [4.69, 9.17) is 6.42 Å². The summed E-state index contributed by atoms with van der Waals surface area (Å²) in [4.78, 5) is 35.9. The summed E-state index contributed by atoms with van der Waals surface area (Å²) in [5.74, 6) is 3.19. The number of aryl methyl sites for hydroxylation is 1. The fourth-order valence-electron chi connectivity index (χ4n) is 3.49. The van der Waals surface area contributed by atoms with Gasteiger partial charge in [-0.05, 0) is 75.9 Å². The second-order valence-corrected chi connectivity index (χ2v) is 8.02. The average Bonchev–Trinajstić information content (AvgIpc) is 2.76. The van der Waals surface area contributed by atoms with Crippen LogP contribution in [0.2, 0.25) is 0 Å². The van der Waals surface area contributed by atoms with Gasteiger partial charge in [0.05, 0.1) is 17.4 Å². The Morgan fingerprint density at radius 2 is 1.94 bits per heavy atom. The van der Waals surface area contributed by atoms with E-state index in [1.807, 2.05) is 49.3 Å². The van der Waals surface area contributed by atoms with Crippen molar-refractivity contribution >= 4 is 22.5 Å². The monoisotopic (exact) mass is 431 g/mol. The van der Waals surface area contributed by atoms with E-state index in [2.05, 4.69) is 26.1 Å². The van der Waals surface area contributed by atoms with E-state index in [0.717, 1.165) is 24.2 Å². The first-order valence-electron chi connectivity index (χ1n) is 10.6. The third-order valence-corrected chi connectivity index (χ3v) is 5.11. The molecule has 0 saturated carbocycles. The molecule has 7 nitrogen and oxygen atoms in total. The fraction of sp³-hybridized carbons (Fsp3) is 0.320. The number of anilines is 1. The standard InChI is InChI=1S/C25H29N5O2/c1-5-14-30(17-19-7-12-23-22(16-19)25(32)28-18(2)27-23)21-10-8-20(9-11-21)24(31)26-13-6-15-29(3)4/h1,7-12,16H,6,13-15,17H2,2-4H3,(H,26,31)(H,27,28,32). The molecular weight excluding hydrogens is 402 g/mol. The maximum absolute atomic E-state index is 12.4. The minimum Gasteiger partial charge on any atom is -0.356 e. The number of hydrogen-bond acceptors (Lipinski definition) is 5. The molecule has 0 fully saturated rings. The molecule has 0 spiro atoms. The van der Waals surface area contributed by atoms with Crippen molar-refractivity contribution in [2.24, 2.45) is 0 Å². The van der Waals surface area contributed by atoms with Crippen molar-refractivity contribution in [3.63, 3.8) is 0 Å². The summed E-state index contributed by atoms with van der Waals surface area (Å²) in [7, 11) is 4.02. The highest BCUT2D eigenvalue weighted by atomic mass is 16.1. The number of H-pyrrole nitrogens is 1. The van der Waals surface area contributed by atoms with Gasteiger partial charge in [0.2, 0.25) is 0 Å². The van der Waals surface area contributed by atoms with Crippen LogP contribution in [0.5, 0.6) is 0 Å². The lowest BCUT2D eigenvalue weighted by Gasteiger charge is -2.23. The smallest absolute Gasteiger partial charge is 0.258 e. The van der Waals surface area contributed by atoms with Gasteiger partial charge in [-0.25, -0.2) is 4.98 Å². The molecule has 2 aromatic carbocycles. The molecule has 3 rings (SSSR count). The molecule has 166 valence electrons. The lowest BCUT2D eigenvalue weighted by molar-refractivity contribution is 0.0952. The second-order valence-electron chi connectivity index (χ2n) is 8.02. The Morgan fingerprint density at radius 3 is 2.62 bits per heavy atom. The maximum atomic E-state index is 12.4. The summed E-state index contributed by atoms with van der Waals surface area (Å²) < 4.78 is 0. The Bertz CT molecular complexity index is 1180. The number of amides is 1. The highest BCUT2D eigenvalue weighted by Crippen LogP contribution is 2.19.